The van der Waals surface area contributed by atoms with Gasteiger partial charge in [-0.05, 0) is 31.2 Å². The van der Waals surface area contributed by atoms with E-state index in [1.807, 2.05) is 37.3 Å². The van der Waals surface area contributed by atoms with Gasteiger partial charge in [0.1, 0.15) is 17.0 Å². The molecule has 0 saturated heterocycles. The summed E-state index contributed by atoms with van der Waals surface area (Å²) in [5.74, 6) is 0.414. The third-order valence-corrected chi connectivity index (χ3v) is 3.41. The fourth-order valence-corrected chi connectivity index (χ4v) is 2.25. The van der Waals surface area contributed by atoms with E-state index in [4.69, 9.17) is 16.0 Å². The third-order valence-electron chi connectivity index (χ3n) is 3.17. The van der Waals surface area contributed by atoms with Gasteiger partial charge in [-0.2, -0.15) is 0 Å². The number of hydrogen-bond acceptors (Lipinski definition) is 3. The van der Waals surface area contributed by atoms with Crippen LogP contribution in [0.1, 0.15) is 29.2 Å². The second-order valence-electron chi connectivity index (χ2n) is 4.74. The van der Waals surface area contributed by atoms with Gasteiger partial charge < -0.3 is 9.73 Å². The van der Waals surface area contributed by atoms with Crippen LogP contribution in [0.15, 0.2) is 53.1 Å². The second kappa shape index (κ2) is 5.58. The van der Waals surface area contributed by atoms with E-state index in [1.165, 1.54) is 12.3 Å². The Labute approximate surface area is 126 Å². The Morgan fingerprint density at radius 2 is 2.10 bits per heavy atom. The summed E-state index contributed by atoms with van der Waals surface area (Å²) in [6, 6.07) is 12.5. The van der Waals surface area contributed by atoms with Crippen molar-refractivity contribution in [1.29, 1.82) is 0 Å². The fraction of sp³-hybridized carbons (Fsp3) is 0.125. The number of fused-ring (bicyclic) bond motifs is 1. The molecule has 3 aromatic rings. The van der Waals surface area contributed by atoms with Gasteiger partial charge in [0, 0.05) is 16.6 Å². The molecule has 2 aromatic heterocycles. The maximum atomic E-state index is 12.1. The van der Waals surface area contributed by atoms with Crippen molar-refractivity contribution < 1.29 is 9.21 Å². The minimum Gasteiger partial charge on any atom is -0.459 e. The molecule has 0 aliphatic heterocycles. The molecule has 0 fully saturated rings. The molecule has 106 valence electrons. The SMILES string of the molecule is CC(NC(=O)c1cc(Cl)ccn1)c1cc2ccccc2o1. The lowest BCUT2D eigenvalue weighted by molar-refractivity contribution is 0.0930. The normalized spacial score (nSPS) is 12.3. The van der Waals surface area contributed by atoms with Gasteiger partial charge in [-0.25, -0.2) is 0 Å². The zero-order valence-electron chi connectivity index (χ0n) is 11.3. The van der Waals surface area contributed by atoms with E-state index in [2.05, 4.69) is 10.3 Å². The fourth-order valence-electron chi connectivity index (χ4n) is 2.09. The summed E-state index contributed by atoms with van der Waals surface area (Å²) in [6.45, 7) is 1.86. The van der Waals surface area contributed by atoms with Gasteiger partial charge in [-0.15, -0.1) is 0 Å². The Balaban J connectivity index is 1.79. The molecule has 1 unspecified atom stereocenters. The Kier molecular flexibility index (Phi) is 3.62. The van der Waals surface area contributed by atoms with Gasteiger partial charge in [-0.1, -0.05) is 29.8 Å². The van der Waals surface area contributed by atoms with E-state index in [1.54, 1.807) is 6.07 Å². The van der Waals surface area contributed by atoms with Crippen LogP contribution in [0.3, 0.4) is 0 Å². The largest absolute Gasteiger partial charge is 0.459 e. The van der Waals surface area contributed by atoms with Crippen LogP contribution in [0.2, 0.25) is 5.02 Å². The van der Waals surface area contributed by atoms with Crippen molar-refractivity contribution in [2.45, 2.75) is 13.0 Å². The van der Waals surface area contributed by atoms with Gasteiger partial charge in [0.05, 0.1) is 6.04 Å². The van der Waals surface area contributed by atoms with Crippen LogP contribution in [-0.2, 0) is 0 Å². The van der Waals surface area contributed by atoms with Crippen molar-refractivity contribution in [3.8, 4) is 0 Å². The van der Waals surface area contributed by atoms with Gasteiger partial charge in [0.2, 0.25) is 0 Å². The number of nitrogens with zero attached hydrogens (tertiary/aromatic N) is 1. The number of aromatic nitrogens is 1. The standard InChI is InChI=1S/C16H13ClN2O2/c1-10(15-8-11-4-2-3-5-14(11)21-15)19-16(20)13-9-12(17)6-7-18-13/h2-10H,1H3,(H,19,20). The summed E-state index contributed by atoms with van der Waals surface area (Å²) in [5.41, 5.74) is 1.08. The molecule has 0 radical (unpaired) electrons. The number of rotatable bonds is 3. The van der Waals surface area contributed by atoms with Crippen molar-refractivity contribution >= 4 is 28.5 Å². The van der Waals surface area contributed by atoms with Crippen LogP contribution in [0.5, 0.6) is 0 Å². The number of halogens is 1. The molecule has 1 atom stereocenters. The zero-order valence-corrected chi connectivity index (χ0v) is 12.1. The smallest absolute Gasteiger partial charge is 0.270 e. The van der Waals surface area contributed by atoms with Crippen molar-refractivity contribution in [2.24, 2.45) is 0 Å². The summed E-state index contributed by atoms with van der Waals surface area (Å²) >= 11 is 5.86. The van der Waals surface area contributed by atoms with E-state index in [0.29, 0.717) is 10.8 Å². The maximum absolute atomic E-state index is 12.1. The van der Waals surface area contributed by atoms with Crippen LogP contribution in [-0.4, -0.2) is 10.9 Å². The second-order valence-corrected chi connectivity index (χ2v) is 5.18. The van der Waals surface area contributed by atoms with Crippen molar-refractivity contribution in [3.05, 3.63) is 65.1 Å². The lowest BCUT2D eigenvalue weighted by Gasteiger charge is -2.10. The molecular formula is C16H13ClN2O2. The average molecular weight is 301 g/mol. The van der Waals surface area contributed by atoms with Gasteiger partial charge in [-0.3, -0.25) is 9.78 Å². The minimum atomic E-state index is -0.287. The molecule has 0 bridgehead atoms. The van der Waals surface area contributed by atoms with E-state index >= 15 is 0 Å². The molecule has 3 rings (SSSR count). The molecule has 5 heteroatoms. The number of amides is 1. The van der Waals surface area contributed by atoms with Crippen molar-refractivity contribution in [3.63, 3.8) is 0 Å². The first kappa shape index (κ1) is 13.6. The highest BCUT2D eigenvalue weighted by Crippen LogP contribution is 2.23. The quantitative estimate of drug-likeness (QED) is 0.796. The molecule has 4 nitrogen and oxygen atoms in total. The Hall–Kier alpha value is -2.33. The zero-order chi connectivity index (χ0) is 14.8. The molecule has 1 N–H and O–H groups in total. The van der Waals surface area contributed by atoms with Crippen LogP contribution in [0.4, 0.5) is 0 Å². The van der Waals surface area contributed by atoms with Gasteiger partial charge in [0.25, 0.3) is 5.91 Å². The predicted molar refractivity (Wildman–Crippen MR) is 81.3 cm³/mol. The summed E-state index contributed by atoms with van der Waals surface area (Å²) in [5, 5.41) is 4.33. The van der Waals surface area contributed by atoms with Crippen molar-refractivity contribution in [2.75, 3.05) is 0 Å². The van der Waals surface area contributed by atoms with Crippen LogP contribution < -0.4 is 5.32 Å². The summed E-state index contributed by atoms with van der Waals surface area (Å²) < 4.78 is 5.73. The first-order chi connectivity index (χ1) is 10.1. The van der Waals surface area contributed by atoms with E-state index in [9.17, 15) is 4.79 Å². The Bertz CT molecular complexity index is 765. The summed E-state index contributed by atoms with van der Waals surface area (Å²) in [6.07, 6.45) is 1.50. The van der Waals surface area contributed by atoms with Crippen molar-refractivity contribution in [1.82, 2.24) is 10.3 Å². The first-order valence-corrected chi connectivity index (χ1v) is 6.92. The molecule has 2 heterocycles. The molecule has 1 amide bonds. The Morgan fingerprint density at radius 3 is 2.86 bits per heavy atom. The lowest BCUT2D eigenvalue weighted by Crippen LogP contribution is -2.27. The van der Waals surface area contributed by atoms with E-state index in [0.717, 1.165) is 11.0 Å². The van der Waals surface area contributed by atoms with Crippen LogP contribution >= 0.6 is 11.6 Å². The number of carbonyl (C=O) groups excluding carboxylic acids is 1. The maximum Gasteiger partial charge on any atom is 0.270 e. The highest BCUT2D eigenvalue weighted by Gasteiger charge is 2.16. The number of pyridine rings is 1. The monoisotopic (exact) mass is 300 g/mol. The number of benzene rings is 1. The average Bonchev–Trinajstić information content (AvgIpc) is 2.91. The number of para-hydroxylation sites is 1. The van der Waals surface area contributed by atoms with Crippen LogP contribution in [0.25, 0.3) is 11.0 Å². The molecule has 0 aliphatic rings. The highest BCUT2D eigenvalue weighted by molar-refractivity contribution is 6.30. The number of hydrogen-bond donors (Lipinski definition) is 1. The lowest BCUT2D eigenvalue weighted by atomic mass is 10.2. The first-order valence-electron chi connectivity index (χ1n) is 6.54. The Morgan fingerprint density at radius 1 is 1.29 bits per heavy atom. The summed E-state index contributed by atoms with van der Waals surface area (Å²) in [7, 11) is 0. The van der Waals surface area contributed by atoms with Gasteiger partial charge in [0.15, 0.2) is 0 Å². The number of nitrogens with one attached hydrogen (secondary N) is 1. The summed E-state index contributed by atoms with van der Waals surface area (Å²) in [4.78, 5) is 16.1. The highest BCUT2D eigenvalue weighted by atomic mass is 35.5. The van der Waals surface area contributed by atoms with Gasteiger partial charge >= 0.3 is 0 Å². The molecule has 21 heavy (non-hydrogen) atoms. The van der Waals surface area contributed by atoms with Crippen LogP contribution in [0, 0.1) is 0 Å². The molecule has 1 aromatic carbocycles. The minimum absolute atomic E-state index is 0.259. The third kappa shape index (κ3) is 2.90. The molecule has 0 aliphatic carbocycles. The molecule has 0 saturated carbocycles. The van der Waals surface area contributed by atoms with E-state index in [-0.39, 0.29) is 17.6 Å². The molecular weight excluding hydrogens is 288 g/mol. The predicted octanol–water partition coefficient (Wildman–Crippen LogP) is 3.97. The molecule has 0 spiro atoms. The number of carbonyl (C=O) groups is 1. The van der Waals surface area contributed by atoms with E-state index < -0.39 is 0 Å². The number of furan rings is 1. The topological polar surface area (TPSA) is 55.1 Å².